The summed E-state index contributed by atoms with van der Waals surface area (Å²) < 4.78 is 31.6. The molecular weight excluding hydrogens is 167 g/mol. The molecule has 1 rings (SSSR count). The fraction of sp³-hybridized carbons (Fsp3) is 0. The molecule has 0 saturated heterocycles. The van der Waals surface area contributed by atoms with Gasteiger partial charge in [0.2, 0.25) is 0 Å². The fourth-order valence-corrected chi connectivity index (χ4v) is 1.32. The molecule has 11 heavy (non-hydrogen) atoms. The Hall–Kier alpha value is -0.870. The van der Waals surface area contributed by atoms with Gasteiger partial charge in [-0.3, -0.25) is 0 Å². The minimum Gasteiger partial charge on any atom is -0.308 e. The molecule has 0 aromatic heterocycles. The summed E-state index contributed by atoms with van der Waals surface area (Å²) in [6.07, 6.45) is 0. The average molecular weight is 174 g/mol. The standard InChI is InChI=1S/C7H7FO2S/c8-6-11(9,10)7-4-2-1-3-5-7/h1-6H,(H,9,10). The highest BCUT2D eigenvalue weighted by Gasteiger charge is 2.03. The van der Waals surface area contributed by atoms with Gasteiger partial charge in [-0.15, -0.1) is 0 Å². The van der Waals surface area contributed by atoms with E-state index in [0.29, 0.717) is 0 Å². The van der Waals surface area contributed by atoms with Gasteiger partial charge in [-0.25, -0.2) is 8.60 Å². The maximum absolute atomic E-state index is 11.8. The van der Waals surface area contributed by atoms with Gasteiger partial charge in [0.05, 0.1) is 4.90 Å². The maximum Gasteiger partial charge on any atom is 0.168 e. The summed E-state index contributed by atoms with van der Waals surface area (Å²) in [7, 11) is -3.54. The van der Waals surface area contributed by atoms with E-state index in [4.69, 9.17) is 4.55 Å². The summed E-state index contributed by atoms with van der Waals surface area (Å²) in [5, 5.41) is 0. The SMILES string of the molecule is O=S(O)(=CF)c1ccccc1. The third kappa shape index (κ3) is 1.78. The van der Waals surface area contributed by atoms with Gasteiger partial charge >= 0.3 is 0 Å². The van der Waals surface area contributed by atoms with Crippen LogP contribution in [0, 0.1) is 0 Å². The van der Waals surface area contributed by atoms with Gasteiger partial charge in [0, 0.05) is 0 Å². The van der Waals surface area contributed by atoms with Gasteiger partial charge < -0.3 is 4.55 Å². The van der Waals surface area contributed by atoms with Crippen LogP contribution in [-0.2, 0) is 9.80 Å². The molecule has 0 fully saturated rings. The molecule has 1 unspecified atom stereocenters. The smallest absolute Gasteiger partial charge is 0.168 e. The van der Waals surface area contributed by atoms with Crippen molar-refractivity contribution in [3.63, 3.8) is 0 Å². The van der Waals surface area contributed by atoms with Crippen LogP contribution >= 0.6 is 0 Å². The molecule has 1 N–H and O–H groups in total. The number of hydrogen-bond acceptors (Lipinski definition) is 1. The molecular formula is C7H7FO2S. The molecule has 0 amide bonds. The maximum atomic E-state index is 11.8. The largest absolute Gasteiger partial charge is 0.308 e. The van der Waals surface area contributed by atoms with Crippen molar-refractivity contribution in [2.45, 2.75) is 4.90 Å². The molecule has 1 aromatic rings. The second kappa shape index (κ2) is 3.02. The average Bonchev–Trinajstić information content (AvgIpc) is 2.06. The number of hydrogen-bond donors (Lipinski definition) is 1. The van der Waals surface area contributed by atoms with Crippen LogP contribution in [-0.4, -0.2) is 14.4 Å². The Morgan fingerprint density at radius 3 is 2.36 bits per heavy atom. The second-order valence-electron chi connectivity index (χ2n) is 1.97. The third-order valence-electron chi connectivity index (χ3n) is 1.20. The van der Waals surface area contributed by atoms with E-state index in [1.165, 1.54) is 12.1 Å². The summed E-state index contributed by atoms with van der Waals surface area (Å²) in [4.78, 5) is 0.0856. The number of halogens is 1. The van der Waals surface area contributed by atoms with Gasteiger partial charge in [0.25, 0.3) is 0 Å². The van der Waals surface area contributed by atoms with Crippen LogP contribution in [0.3, 0.4) is 0 Å². The van der Waals surface area contributed by atoms with Gasteiger partial charge in [0.1, 0.15) is 9.80 Å². The van der Waals surface area contributed by atoms with E-state index in [0.717, 1.165) is 0 Å². The van der Waals surface area contributed by atoms with E-state index in [1.807, 2.05) is 0 Å². The predicted octanol–water partition coefficient (Wildman–Crippen LogP) is 1.53. The molecule has 0 aliphatic carbocycles. The van der Waals surface area contributed by atoms with Crippen LogP contribution in [0.2, 0.25) is 0 Å². The Labute approximate surface area is 64.5 Å². The summed E-state index contributed by atoms with van der Waals surface area (Å²) in [6.45, 7) is 0. The summed E-state index contributed by atoms with van der Waals surface area (Å²) in [5.74, 6) is 0. The van der Waals surface area contributed by atoms with E-state index >= 15 is 0 Å². The summed E-state index contributed by atoms with van der Waals surface area (Å²) in [6, 6.07) is 7.65. The molecule has 4 heteroatoms. The molecule has 0 bridgehead atoms. The minimum atomic E-state index is -3.54. The molecule has 60 valence electrons. The van der Waals surface area contributed by atoms with E-state index in [1.54, 1.807) is 18.2 Å². The van der Waals surface area contributed by atoms with Crippen molar-refractivity contribution in [1.82, 2.24) is 0 Å². The highest BCUT2D eigenvalue weighted by molar-refractivity contribution is 7.95. The van der Waals surface area contributed by atoms with Crippen molar-refractivity contribution in [1.29, 1.82) is 0 Å². The summed E-state index contributed by atoms with van der Waals surface area (Å²) >= 11 is 0. The van der Waals surface area contributed by atoms with Crippen LogP contribution < -0.4 is 0 Å². The molecule has 0 aliphatic heterocycles. The van der Waals surface area contributed by atoms with E-state index in [2.05, 4.69) is 0 Å². The number of rotatable bonds is 1. The molecule has 0 radical (unpaired) electrons. The second-order valence-corrected chi connectivity index (χ2v) is 3.76. The Bertz CT molecular complexity index is 339. The first-order chi connectivity index (χ1) is 5.17. The highest BCUT2D eigenvalue weighted by Crippen LogP contribution is 2.06. The lowest BCUT2D eigenvalue weighted by Gasteiger charge is -1.98. The van der Waals surface area contributed by atoms with Crippen LogP contribution in [0.15, 0.2) is 35.2 Å². The lowest BCUT2D eigenvalue weighted by atomic mass is 10.4. The topological polar surface area (TPSA) is 37.3 Å². The predicted molar refractivity (Wildman–Crippen MR) is 42.7 cm³/mol. The van der Waals surface area contributed by atoms with E-state index in [9.17, 15) is 8.60 Å². The zero-order valence-corrected chi connectivity index (χ0v) is 6.42. The summed E-state index contributed by atoms with van der Waals surface area (Å²) in [5.41, 5.74) is -0.192. The Balaban J connectivity index is 3.25. The fourth-order valence-electron chi connectivity index (χ4n) is 0.667. The van der Waals surface area contributed by atoms with Gasteiger partial charge in [-0.2, -0.15) is 0 Å². The normalized spacial score (nSPS) is 15.5. The Kier molecular flexibility index (Phi) is 2.26. The first-order valence-corrected chi connectivity index (χ1v) is 4.50. The van der Waals surface area contributed by atoms with E-state index in [-0.39, 0.29) is 10.5 Å². The lowest BCUT2D eigenvalue weighted by molar-refractivity contribution is 0.557. The first-order valence-electron chi connectivity index (χ1n) is 2.92. The highest BCUT2D eigenvalue weighted by atomic mass is 32.2. The molecule has 1 aromatic carbocycles. The monoisotopic (exact) mass is 174 g/mol. The molecule has 0 spiro atoms. The van der Waals surface area contributed by atoms with E-state index < -0.39 is 9.80 Å². The van der Waals surface area contributed by atoms with Crippen molar-refractivity contribution in [2.75, 3.05) is 0 Å². The quantitative estimate of drug-likeness (QED) is 0.518. The van der Waals surface area contributed by atoms with Crippen LogP contribution in [0.1, 0.15) is 0 Å². The van der Waals surface area contributed by atoms with Crippen LogP contribution in [0.25, 0.3) is 0 Å². The third-order valence-corrected chi connectivity index (χ3v) is 2.39. The lowest BCUT2D eigenvalue weighted by Crippen LogP contribution is -1.99. The Morgan fingerprint density at radius 2 is 1.91 bits per heavy atom. The first kappa shape index (κ1) is 8.23. The van der Waals surface area contributed by atoms with Gasteiger partial charge in [-0.1, -0.05) is 18.2 Å². The molecule has 0 saturated carbocycles. The van der Waals surface area contributed by atoms with Crippen molar-refractivity contribution in [2.24, 2.45) is 0 Å². The van der Waals surface area contributed by atoms with Crippen molar-refractivity contribution in [3.8, 4) is 0 Å². The molecule has 0 aliphatic rings. The van der Waals surface area contributed by atoms with Crippen molar-refractivity contribution < 1.29 is 13.2 Å². The number of benzene rings is 1. The van der Waals surface area contributed by atoms with Crippen molar-refractivity contribution >= 4 is 15.4 Å². The van der Waals surface area contributed by atoms with Crippen molar-refractivity contribution in [3.05, 3.63) is 30.3 Å². The zero-order chi connectivity index (χ0) is 8.32. The molecule has 2 nitrogen and oxygen atoms in total. The van der Waals surface area contributed by atoms with Gasteiger partial charge in [-0.05, 0) is 12.1 Å². The molecule has 1 atom stereocenters. The van der Waals surface area contributed by atoms with Crippen LogP contribution in [0.5, 0.6) is 0 Å². The Morgan fingerprint density at radius 1 is 1.36 bits per heavy atom. The zero-order valence-electron chi connectivity index (χ0n) is 5.61. The minimum absolute atomic E-state index is 0.0856. The van der Waals surface area contributed by atoms with Crippen LogP contribution in [0.4, 0.5) is 4.39 Å². The molecule has 0 heterocycles. The van der Waals surface area contributed by atoms with Gasteiger partial charge in [0.15, 0.2) is 5.62 Å².